The Bertz CT molecular complexity index is 1990. The number of hydrogen-bond donors (Lipinski definition) is 2. The van der Waals surface area contributed by atoms with Crippen LogP contribution in [0.2, 0.25) is 0 Å². The number of para-hydroxylation sites is 2. The van der Waals surface area contributed by atoms with Gasteiger partial charge in [0.25, 0.3) is 0 Å². The number of hydrogen-bond acceptors (Lipinski definition) is 4. The molecule has 0 fully saturated rings. The summed E-state index contributed by atoms with van der Waals surface area (Å²) in [6, 6.07) is 34.6. The van der Waals surface area contributed by atoms with Gasteiger partial charge in [0.1, 0.15) is 11.3 Å². The van der Waals surface area contributed by atoms with Crippen molar-refractivity contribution in [2.75, 3.05) is 5.32 Å². The molecule has 6 rings (SSSR count). The summed E-state index contributed by atoms with van der Waals surface area (Å²) < 4.78 is 6.79. The SMILES string of the molecule is CCCc1cccc(CCC)c1N=c1ccc2c(-c3ccccc3S)c3ccc(Nc4c(CCC)cccc4CCC)cc3oc-2c1. The monoisotopic (exact) mass is 638 g/mol. The summed E-state index contributed by atoms with van der Waals surface area (Å²) in [5, 5.41) is 5.77. The number of benzene rings is 5. The predicted octanol–water partition coefficient (Wildman–Crippen LogP) is 12.3. The van der Waals surface area contributed by atoms with Crippen LogP contribution in [0.1, 0.15) is 75.6 Å². The van der Waals surface area contributed by atoms with E-state index >= 15 is 0 Å². The molecular formula is C43H46N2OS. The molecule has 3 nitrogen and oxygen atoms in total. The van der Waals surface area contributed by atoms with E-state index < -0.39 is 0 Å². The summed E-state index contributed by atoms with van der Waals surface area (Å²) in [5.41, 5.74) is 12.8. The van der Waals surface area contributed by atoms with Gasteiger partial charge in [-0.1, -0.05) is 108 Å². The molecule has 4 aromatic carbocycles. The van der Waals surface area contributed by atoms with Crippen molar-refractivity contribution in [1.29, 1.82) is 0 Å². The number of nitrogens with one attached hydrogen (secondary N) is 1. The van der Waals surface area contributed by atoms with Gasteiger partial charge < -0.3 is 9.73 Å². The average molecular weight is 639 g/mol. The summed E-state index contributed by atoms with van der Waals surface area (Å²) in [6.07, 6.45) is 8.49. The third kappa shape index (κ3) is 7.04. The lowest BCUT2D eigenvalue weighted by Gasteiger charge is -2.19. The van der Waals surface area contributed by atoms with Crippen molar-refractivity contribution in [3.8, 4) is 22.5 Å². The molecule has 2 aliphatic rings. The normalized spacial score (nSPS) is 11.9. The molecule has 4 aromatic rings. The van der Waals surface area contributed by atoms with Crippen molar-refractivity contribution in [2.45, 2.75) is 84.0 Å². The largest absolute Gasteiger partial charge is 0.456 e. The molecule has 0 unspecified atom stereocenters. The Kier molecular flexibility index (Phi) is 10.5. The Balaban J connectivity index is 1.55. The highest BCUT2D eigenvalue weighted by molar-refractivity contribution is 7.80. The Morgan fingerprint density at radius 2 is 1.23 bits per heavy atom. The highest BCUT2D eigenvalue weighted by Crippen LogP contribution is 2.43. The van der Waals surface area contributed by atoms with Crippen LogP contribution in [-0.4, -0.2) is 0 Å². The van der Waals surface area contributed by atoms with Crippen molar-refractivity contribution in [2.24, 2.45) is 4.99 Å². The lowest BCUT2D eigenvalue weighted by atomic mass is 9.93. The molecule has 0 spiro atoms. The topological polar surface area (TPSA) is 37.5 Å². The second-order valence-electron chi connectivity index (χ2n) is 12.5. The molecule has 1 N–H and O–H groups in total. The highest BCUT2D eigenvalue weighted by Gasteiger charge is 2.19. The van der Waals surface area contributed by atoms with E-state index in [1.54, 1.807) is 0 Å². The zero-order chi connectivity index (χ0) is 32.8. The molecule has 0 aromatic heterocycles. The third-order valence-corrected chi connectivity index (χ3v) is 9.30. The Labute approximate surface area is 285 Å². The van der Waals surface area contributed by atoms with Gasteiger partial charge in [0.05, 0.1) is 11.0 Å². The number of rotatable bonds is 12. The van der Waals surface area contributed by atoms with E-state index in [-0.39, 0.29) is 0 Å². The first kappa shape index (κ1) is 32.7. The molecule has 47 heavy (non-hydrogen) atoms. The zero-order valence-corrected chi connectivity index (χ0v) is 29.1. The van der Waals surface area contributed by atoms with Gasteiger partial charge in [-0.2, -0.15) is 0 Å². The molecule has 0 amide bonds. The van der Waals surface area contributed by atoms with E-state index in [0.717, 1.165) is 106 Å². The van der Waals surface area contributed by atoms with Crippen molar-refractivity contribution in [3.05, 3.63) is 125 Å². The quantitative estimate of drug-likeness (QED) is 0.103. The molecule has 0 saturated heterocycles. The van der Waals surface area contributed by atoms with Crippen LogP contribution in [0.3, 0.4) is 0 Å². The first-order valence-electron chi connectivity index (χ1n) is 17.4. The summed E-state index contributed by atoms with van der Waals surface area (Å²) in [5.74, 6) is 0.811. The van der Waals surface area contributed by atoms with Crippen molar-refractivity contribution < 1.29 is 4.42 Å². The van der Waals surface area contributed by atoms with Crippen LogP contribution in [0, 0.1) is 0 Å². The maximum absolute atomic E-state index is 6.79. The molecule has 1 aliphatic heterocycles. The van der Waals surface area contributed by atoms with Gasteiger partial charge in [0, 0.05) is 44.9 Å². The highest BCUT2D eigenvalue weighted by atomic mass is 32.1. The molecule has 0 bridgehead atoms. The van der Waals surface area contributed by atoms with Crippen LogP contribution in [-0.2, 0) is 25.7 Å². The molecule has 240 valence electrons. The van der Waals surface area contributed by atoms with E-state index in [2.05, 4.69) is 124 Å². The van der Waals surface area contributed by atoms with Crippen molar-refractivity contribution >= 4 is 40.7 Å². The minimum absolute atomic E-state index is 0.811. The van der Waals surface area contributed by atoms with E-state index in [1.807, 2.05) is 6.07 Å². The predicted molar refractivity (Wildman–Crippen MR) is 203 cm³/mol. The van der Waals surface area contributed by atoms with Crippen LogP contribution >= 0.6 is 12.6 Å². The van der Waals surface area contributed by atoms with E-state index in [0.29, 0.717) is 0 Å². The first-order chi connectivity index (χ1) is 23.0. The van der Waals surface area contributed by atoms with E-state index in [1.165, 1.54) is 27.9 Å². The number of nitrogens with zero attached hydrogens (tertiary/aromatic N) is 1. The fourth-order valence-electron chi connectivity index (χ4n) is 6.77. The summed E-state index contributed by atoms with van der Waals surface area (Å²) in [6.45, 7) is 8.94. The van der Waals surface area contributed by atoms with Gasteiger partial charge in [0.15, 0.2) is 0 Å². The van der Waals surface area contributed by atoms with Gasteiger partial charge >= 0.3 is 0 Å². The molecule has 0 atom stereocenters. The van der Waals surface area contributed by atoms with Gasteiger partial charge in [-0.3, -0.25) is 0 Å². The van der Waals surface area contributed by atoms with Crippen molar-refractivity contribution in [1.82, 2.24) is 0 Å². The zero-order valence-electron chi connectivity index (χ0n) is 28.2. The second-order valence-corrected chi connectivity index (χ2v) is 13.0. The fraction of sp³-hybridized carbons (Fsp3) is 0.279. The average Bonchev–Trinajstić information content (AvgIpc) is 3.07. The van der Waals surface area contributed by atoms with Crippen LogP contribution in [0.15, 0.2) is 111 Å². The van der Waals surface area contributed by atoms with Crippen LogP contribution in [0.25, 0.3) is 33.4 Å². The minimum Gasteiger partial charge on any atom is -0.456 e. The van der Waals surface area contributed by atoms with Gasteiger partial charge in [-0.15, -0.1) is 12.6 Å². The number of aryl methyl sites for hydroxylation is 4. The lowest BCUT2D eigenvalue weighted by molar-refractivity contribution is 0.619. The minimum atomic E-state index is 0.811. The maximum atomic E-state index is 6.79. The summed E-state index contributed by atoms with van der Waals surface area (Å²) in [7, 11) is 0. The number of thiol groups is 1. The Morgan fingerprint density at radius 1 is 0.617 bits per heavy atom. The Morgan fingerprint density at radius 3 is 1.87 bits per heavy atom. The Hall–Kier alpha value is -4.28. The third-order valence-electron chi connectivity index (χ3n) is 8.91. The van der Waals surface area contributed by atoms with Crippen LogP contribution in [0.4, 0.5) is 17.1 Å². The van der Waals surface area contributed by atoms with E-state index in [9.17, 15) is 0 Å². The lowest BCUT2D eigenvalue weighted by Crippen LogP contribution is -2.04. The molecule has 4 heteroatoms. The summed E-state index contributed by atoms with van der Waals surface area (Å²) in [4.78, 5) is 6.21. The number of anilines is 2. The standard InChI is InChI=1S/C43H46N2OS/c1-5-13-29-17-11-18-30(14-6-2)42(29)44-33-23-25-35-38(27-33)46-39-28-34(24-26-36(39)41(35)37-21-9-10-22-40(37)47)45-43-31(15-7-3)19-12-20-32(43)16-8-4/h9-12,17-28,44,47H,5-8,13-16H2,1-4H3. The number of fused-ring (bicyclic) bond motifs is 2. The van der Waals surface area contributed by atoms with Crippen LogP contribution in [0.5, 0.6) is 0 Å². The van der Waals surface area contributed by atoms with Crippen LogP contribution < -0.4 is 10.7 Å². The van der Waals surface area contributed by atoms with Gasteiger partial charge in [-0.05, 0) is 83.8 Å². The molecule has 1 aliphatic carbocycles. The first-order valence-corrected chi connectivity index (χ1v) is 17.8. The van der Waals surface area contributed by atoms with Gasteiger partial charge in [0.2, 0.25) is 0 Å². The molecule has 0 saturated carbocycles. The molecule has 1 heterocycles. The fourth-order valence-corrected chi connectivity index (χ4v) is 7.05. The summed E-state index contributed by atoms with van der Waals surface area (Å²) >= 11 is 4.90. The van der Waals surface area contributed by atoms with E-state index in [4.69, 9.17) is 22.0 Å². The maximum Gasteiger partial charge on any atom is 0.137 e. The second kappa shape index (κ2) is 15.1. The smallest absolute Gasteiger partial charge is 0.137 e. The van der Waals surface area contributed by atoms with Crippen molar-refractivity contribution in [3.63, 3.8) is 0 Å². The van der Waals surface area contributed by atoms with Gasteiger partial charge in [-0.25, -0.2) is 4.99 Å². The molecular weight excluding hydrogens is 593 g/mol. The molecule has 0 radical (unpaired) electrons.